The number of nitrogens with one attached hydrogen (secondary N) is 1. The topological polar surface area (TPSA) is 102 Å². The van der Waals surface area contributed by atoms with Crippen molar-refractivity contribution in [3.63, 3.8) is 0 Å². The Morgan fingerprint density at radius 1 is 1.52 bits per heavy atom. The van der Waals surface area contributed by atoms with E-state index < -0.39 is 15.6 Å². The van der Waals surface area contributed by atoms with E-state index in [4.69, 9.17) is 9.15 Å². The number of carbonyl (C=O) groups excluding carboxylic acids is 1. The molecular formula is C14H21N3O5S. The molecule has 1 N–H and O–H groups in total. The quantitative estimate of drug-likeness (QED) is 0.847. The zero-order chi connectivity index (χ0) is 16.7. The number of oxazole rings is 1. The normalized spacial score (nSPS) is 28.4. The number of nitrogens with zero attached hydrogens (tertiary/aromatic N) is 2. The van der Waals surface area contributed by atoms with E-state index in [1.165, 1.54) is 6.39 Å². The average Bonchev–Trinajstić information content (AvgIpc) is 3.03. The lowest BCUT2D eigenvalue weighted by atomic mass is 9.90. The third-order valence-electron chi connectivity index (χ3n) is 4.42. The maximum Gasteiger partial charge on any atom is 0.291 e. The van der Waals surface area contributed by atoms with Gasteiger partial charge in [0.15, 0.2) is 6.39 Å². The first-order valence-corrected chi connectivity index (χ1v) is 9.48. The fourth-order valence-corrected chi connectivity index (χ4v) is 4.19. The van der Waals surface area contributed by atoms with Gasteiger partial charge in [-0.2, -0.15) is 0 Å². The number of rotatable bonds is 3. The molecule has 2 atom stereocenters. The summed E-state index contributed by atoms with van der Waals surface area (Å²) in [6.07, 6.45) is 4.32. The number of hydrogen-bond acceptors (Lipinski definition) is 6. The number of carbonyl (C=O) groups is 1. The lowest BCUT2D eigenvalue weighted by Gasteiger charge is -2.38. The van der Waals surface area contributed by atoms with Crippen LogP contribution in [-0.2, 0) is 14.8 Å². The summed E-state index contributed by atoms with van der Waals surface area (Å²) in [7, 11) is -3.25. The maximum absolute atomic E-state index is 12.5. The third-order valence-corrected chi connectivity index (χ3v) is 5.18. The van der Waals surface area contributed by atoms with E-state index in [1.54, 1.807) is 11.8 Å². The van der Waals surface area contributed by atoms with Gasteiger partial charge in [-0.05, 0) is 26.2 Å². The standard InChI is InChI=1S/C14H21N3O5S/c1-10-12(21-9-15-10)13(18)17-5-4-14(8-17)7-11(3-6-22-14)16-23(2,19)20/h9,11,16H,3-8H2,1-2H3/t11-,14-/m1/s1. The molecule has 1 aromatic heterocycles. The van der Waals surface area contributed by atoms with Gasteiger partial charge in [0.2, 0.25) is 15.8 Å². The van der Waals surface area contributed by atoms with Gasteiger partial charge in [0.1, 0.15) is 0 Å². The van der Waals surface area contributed by atoms with Gasteiger partial charge in [-0.1, -0.05) is 0 Å². The molecule has 2 aliphatic heterocycles. The molecule has 1 spiro atoms. The Hall–Kier alpha value is -1.45. The van der Waals surface area contributed by atoms with E-state index in [9.17, 15) is 13.2 Å². The van der Waals surface area contributed by atoms with Crippen LogP contribution in [0.3, 0.4) is 0 Å². The molecule has 23 heavy (non-hydrogen) atoms. The fraction of sp³-hybridized carbons (Fsp3) is 0.714. The summed E-state index contributed by atoms with van der Waals surface area (Å²) in [6, 6.07) is -0.152. The van der Waals surface area contributed by atoms with E-state index in [1.807, 2.05) is 0 Å². The number of amides is 1. The highest BCUT2D eigenvalue weighted by Crippen LogP contribution is 2.35. The molecule has 0 radical (unpaired) electrons. The van der Waals surface area contributed by atoms with Crippen molar-refractivity contribution in [3.8, 4) is 0 Å². The number of hydrogen-bond donors (Lipinski definition) is 1. The Labute approximate surface area is 135 Å². The van der Waals surface area contributed by atoms with Crippen LogP contribution in [0.15, 0.2) is 10.8 Å². The summed E-state index contributed by atoms with van der Waals surface area (Å²) < 4.78 is 36.6. The summed E-state index contributed by atoms with van der Waals surface area (Å²) in [4.78, 5) is 18.1. The second kappa shape index (κ2) is 5.88. The Morgan fingerprint density at radius 2 is 2.30 bits per heavy atom. The van der Waals surface area contributed by atoms with Gasteiger partial charge in [-0.3, -0.25) is 4.79 Å². The van der Waals surface area contributed by atoms with Crippen LogP contribution in [0.5, 0.6) is 0 Å². The Kier molecular flexibility index (Phi) is 4.19. The largest absolute Gasteiger partial charge is 0.438 e. The molecule has 1 amide bonds. The van der Waals surface area contributed by atoms with E-state index in [0.29, 0.717) is 44.7 Å². The Balaban J connectivity index is 1.68. The van der Waals surface area contributed by atoms with Crippen LogP contribution in [-0.4, -0.2) is 61.8 Å². The van der Waals surface area contributed by atoms with Crippen molar-refractivity contribution >= 4 is 15.9 Å². The zero-order valence-corrected chi connectivity index (χ0v) is 14.1. The first kappa shape index (κ1) is 16.4. The van der Waals surface area contributed by atoms with Gasteiger partial charge in [0.05, 0.1) is 24.1 Å². The molecule has 3 rings (SSSR count). The van der Waals surface area contributed by atoms with Crippen LogP contribution in [0.4, 0.5) is 0 Å². The van der Waals surface area contributed by atoms with Gasteiger partial charge < -0.3 is 14.1 Å². The maximum atomic E-state index is 12.5. The minimum absolute atomic E-state index is 0.152. The molecule has 2 aliphatic rings. The second-order valence-corrected chi connectivity index (χ2v) is 8.13. The molecule has 0 aliphatic carbocycles. The SMILES string of the molecule is Cc1ncoc1C(=O)N1CC[C@@]2(C[C@H](NS(C)(=O)=O)CCO2)C1. The molecule has 9 heteroatoms. The molecule has 1 aromatic rings. The second-order valence-electron chi connectivity index (χ2n) is 6.35. The van der Waals surface area contributed by atoms with Crippen LogP contribution in [0.25, 0.3) is 0 Å². The van der Waals surface area contributed by atoms with E-state index >= 15 is 0 Å². The highest BCUT2D eigenvalue weighted by Gasteiger charge is 2.45. The number of aryl methyl sites for hydroxylation is 1. The zero-order valence-electron chi connectivity index (χ0n) is 13.2. The number of aromatic nitrogens is 1. The lowest BCUT2D eigenvalue weighted by molar-refractivity contribution is -0.0763. The molecule has 0 bridgehead atoms. The smallest absolute Gasteiger partial charge is 0.291 e. The van der Waals surface area contributed by atoms with Crippen molar-refractivity contribution in [2.24, 2.45) is 0 Å². The summed E-state index contributed by atoms with van der Waals surface area (Å²) >= 11 is 0. The van der Waals surface area contributed by atoms with Crippen LogP contribution >= 0.6 is 0 Å². The summed E-state index contributed by atoms with van der Waals surface area (Å²) in [6.45, 7) is 3.21. The molecule has 2 fully saturated rings. The third kappa shape index (κ3) is 3.56. The van der Waals surface area contributed by atoms with Gasteiger partial charge >= 0.3 is 0 Å². The monoisotopic (exact) mass is 343 g/mol. The van der Waals surface area contributed by atoms with Crippen LogP contribution in [0.2, 0.25) is 0 Å². The minimum atomic E-state index is -3.25. The predicted molar refractivity (Wildman–Crippen MR) is 81.4 cm³/mol. The molecule has 0 unspecified atom stereocenters. The summed E-state index contributed by atoms with van der Waals surface area (Å²) in [5.41, 5.74) is 0.0848. The average molecular weight is 343 g/mol. The lowest BCUT2D eigenvalue weighted by Crippen LogP contribution is -2.50. The van der Waals surface area contributed by atoms with Gasteiger partial charge in [0.25, 0.3) is 5.91 Å². The van der Waals surface area contributed by atoms with Crippen molar-refractivity contribution < 1.29 is 22.4 Å². The van der Waals surface area contributed by atoms with E-state index in [2.05, 4.69) is 9.71 Å². The molecule has 8 nitrogen and oxygen atoms in total. The Bertz CT molecular complexity index is 701. The molecule has 3 heterocycles. The molecular weight excluding hydrogens is 322 g/mol. The van der Waals surface area contributed by atoms with Crippen molar-refractivity contribution in [2.45, 2.75) is 37.8 Å². The van der Waals surface area contributed by atoms with Crippen molar-refractivity contribution in [3.05, 3.63) is 17.8 Å². The Morgan fingerprint density at radius 3 is 2.96 bits per heavy atom. The summed E-state index contributed by atoms with van der Waals surface area (Å²) in [5.74, 6) is 0.0577. The van der Waals surface area contributed by atoms with Crippen molar-refractivity contribution in [1.82, 2.24) is 14.6 Å². The number of sulfonamides is 1. The molecule has 0 aromatic carbocycles. The molecule has 0 saturated carbocycles. The molecule has 2 saturated heterocycles. The highest BCUT2D eigenvalue weighted by molar-refractivity contribution is 7.88. The predicted octanol–water partition coefficient (Wildman–Crippen LogP) is 0.296. The van der Waals surface area contributed by atoms with Gasteiger partial charge in [0, 0.05) is 19.2 Å². The van der Waals surface area contributed by atoms with E-state index in [-0.39, 0.29) is 17.7 Å². The van der Waals surface area contributed by atoms with Gasteiger partial charge in [-0.15, -0.1) is 0 Å². The first-order chi connectivity index (χ1) is 10.8. The van der Waals surface area contributed by atoms with Gasteiger partial charge in [-0.25, -0.2) is 18.1 Å². The highest BCUT2D eigenvalue weighted by atomic mass is 32.2. The van der Waals surface area contributed by atoms with Crippen LogP contribution in [0, 0.1) is 6.92 Å². The summed E-state index contributed by atoms with van der Waals surface area (Å²) in [5, 5.41) is 0. The number of likely N-dealkylation sites (tertiary alicyclic amines) is 1. The van der Waals surface area contributed by atoms with Crippen molar-refractivity contribution in [1.29, 1.82) is 0 Å². The number of ether oxygens (including phenoxy) is 1. The minimum Gasteiger partial charge on any atom is -0.438 e. The first-order valence-electron chi connectivity index (χ1n) is 7.59. The van der Waals surface area contributed by atoms with Crippen LogP contribution in [0.1, 0.15) is 35.5 Å². The fourth-order valence-electron chi connectivity index (χ4n) is 3.38. The molecule has 128 valence electrons. The van der Waals surface area contributed by atoms with Crippen LogP contribution < -0.4 is 4.72 Å². The van der Waals surface area contributed by atoms with Crippen molar-refractivity contribution in [2.75, 3.05) is 26.0 Å². The van der Waals surface area contributed by atoms with E-state index in [0.717, 1.165) is 6.26 Å².